The van der Waals surface area contributed by atoms with Crippen molar-refractivity contribution in [3.8, 4) is 5.75 Å². The Hall–Kier alpha value is -0.130. The molecular weight excluding hydrogens is 640 g/mol. The lowest BCUT2D eigenvalue weighted by Gasteiger charge is -2.11. The van der Waals surface area contributed by atoms with Crippen molar-refractivity contribution in [2.45, 2.75) is 0 Å². The first-order valence-corrected chi connectivity index (χ1v) is 9.71. The molecule has 2 aromatic carbocycles. The summed E-state index contributed by atoms with van der Waals surface area (Å²) in [7, 11) is 0. The highest BCUT2D eigenvalue weighted by atomic mass is 127. The Morgan fingerprint density at radius 3 is 2.41 bits per heavy atom. The highest BCUT2D eigenvalue weighted by Gasteiger charge is 2.31. The Kier molecular flexibility index (Phi) is 4.87. The summed E-state index contributed by atoms with van der Waals surface area (Å²) in [6, 6.07) is 9.38. The Morgan fingerprint density at radius 1 is 1.14 bits per heavy atom. The number of fused-ring (bicyclic) bond motifs is 1. The molecule has 3 rings (SSSR count). The topological polar surface area (TPSA) is 40.5 Å². The monoisotopic (exact) mass is 645 g/mol. The lowest BCUT2D eigenvalue weighted by atomic mass is 10.1. The van der Waals surface area contributed by atoms with Crippen LogP contribution in [0.15, 0.2) is 45.0 Å². The SMILES string of the molecule is O=C1C(=Cc2cc(Br)c(O)c(Br)c2)N(I)c2ccc(I)cc21. The largest absolute Gasteiger partial charge is 0.506 e. The first kappa shape index (κ1) is 16.7. The van der Waals surface area contributed by atoms with Gasteiger partial charge in [-0.05, 0) is 96.4 Å². The van der Waals surface area contributed by atoms with Gasteiger partial charge in [0.1, 0.15) is 5.75 Å². The fourth-order valence-electron chi connectivity index (χ4n) is 2.17. The normalized spacial score (nSPS) is 15.5. The Balaban J connectivity index is 2.09. The number of nitrogens with zero attached hydrogens (tertiary/aromatic N) is 1. The van der Waals surface area contributed by atoms with Crippen LogP contribution >= 0.6 is 77.3 Å². The van der Waals surface area contributed by atoms with Crippen molar-refractivity contribution in [3.05, 3.63) is 59.7 Å². The molecule has 1 N–H and O–H groups in total. The second-order valence-corrected chi connectivity index (χ2v) is 8.55. The highest BCUT2D eigenvalue weighted by molar-refractivity contribution is 14.1. The Bertz CT molecular complexity index is 813. The van der Waals surface area contributed by atoms with E-state index < -0.39 is 0 Å². The van der Waals surface area contributed by atoms with Gasteiger partial charge in [0.2, 0.25) is 5.78 Å². The van der Waals surface area contributed by atoms with Crippen molar-refractivity contribution >= 4 is 94.9 Å². The van der Waals surface area contributed by atoms with Gasteiger partial charge in [0, 0.05) is 9.13 Å². The number of rotatable bonds is 1. The molecule has 22 heavy (non-hydrogen) atoms. The van der Waals surface area contributed by atoms with Crippen molar-refractivity contribution in [1.29, 1.82) is 0 Å². The zero-order valence-corrected chi connectivity index (χ0v) is 18.3. The predicted octanol–water partition coefficient (Wildman–Crippen LogP) is 5.92. The van der Waals surface area contributed by atoms with Gasteiger partial charge in [-0.2, -0.15) is 0 Å². The molecule has 3 nitrogen and oxygen atoms in total. The summed E-state index contributed by atoms with van der Waals surface area (Å²) in [6.45, 7) is 0. The van der Waals surface area contributed by atoms with Crippen molar-refractivity contribution in [3.63, 3.8) is 0 Å². The minimum atomic E-state index is 0.00300. The van der Waals surface area contributed by atoms with Crippen LogP contribution in [-0.4, -0.2) is 10.9 Å². The second-order valence-electron chi connectivity index (χ2n) is 4.63. The Morgan fingerprint density at radius 2 is 1.77 bits per heavy atom. The van der Waals surface area contributed by atoms with Crippen LogP contribution in [0.3, 0.4) is 0 Å². The van der Waals surface area contributed by atoms with E-state index in [0.717, 1.165) is 14.8 Å². The lowest BCUT2D eigenvalue weighted by molar-refractivity contribution is 0.104. The predicted molar refractivity (Wildman–Crippen MR) is 111 cm³/mol. The number of benzene rings is 2. The molecule has 0 saturated carbocycles. The molecule has 1 heterocycles. The van der Waals surface area contributed by atoms with E-state index in [1.165, 1.54) is 0 Å². The van der Waals surface area contributed by atoms with Gasteiger partial charge in [0.25, 0.3) is 0 Å². The number of aromatic hydroxyl groups is 1. The van der Waals surface area contributed by atoms with Crippen LogP contribution in [0.1, 0.15) is 15.9 Å². The molecular formula is C15H7Br2I2NO2. The van der Waals surface area contributed by atoms with E-state index in [1.54, 1.807) is 12.1 Å². The molecule has 2 aromatic rings. The van der Waals surface area contributed by atoms with Crippen molar-refractivity contribution in [1.82, 2.24) is 0 Å². The molecule has 0 saturated heterocycles. The first-order valence-electron chi connectivity index (χ1n) is 6.08. The summed E-state index contributed by atoms with van der Waals surface area (Å²) in [4.78, 5) is 12.6. The molecule has 0 spiro atoms. The number of ketones is 1. The third-order valence-corrected chi connectivity index (χ3v) is 6.12. The van der Waals surface area contributed by atoms with E-state index in [9.17, 15) is 9.90 Å². The highest BCUT2D eigenvalue weighted by Crippen LogP contribution is 2.40. The van der Waals surface area contributed by atoms with Crippen molar-refractivity contribution in [2.75, 3.05) is 3.11 Å². The Labute approximate surface area is 171 Å². The number of carbonyl (C=O) groups is 1. The standard InChI is InChI=1S/C15H7Br2I2NO2/c16-10-3-7(4-11(17)15(10)22)5-13-14(21)9-6-8(18)1-2-12(9)20(13)19/h1-6,22H. The molecule has 0 fully saturated rings. The summed E-state index contributed by atoms with van der Waals surface area (Å²) >= 11 is 10.9. The number of phenols is 1. The van der Waals surface area contributed by atoms with Crippen LogP contribution in [0.25, 0.3) is 6.08 Å². The van der Waals surface area contributed by atoms with Crippen LogP contribution in [0.5, 0.6) is 5.75 Å². The maximum absolute atomic E-state index is 12.6. The van der Waals surface area contributed by atoms with Gasteiger partial charge < -0.3 is 5.11 Å². The molecule has 0 atom stereocenters. The van der Waals surface area contributed by atoms with Gasteiger partial charge >= 0.3 is 0 Å². The molecule has 0 bridgehead atoms. The zero-order chi connectivity index (χ0) is 16.0. The number of hydrogen-bond acceptors (Lipinski definition) is 3. The third kappa shape index (κ3) is 2.96. The van der Waals surface area contributed by atoms with E-state index in [4.69, 9.17) is 0 Å². The van der Waals surface area contributed by atoms with Crippen LogP contribution < -0.4 is 3.11 Å². The van der Waals surface area contributed by atoms with Crippen LogP contribution in [-0.2, 0) is 0 Å². The fraction of sp³-hybridized carbons (Fsp3) is 0. The molecule has 1 aliphatic heterocycles. The van der Waals surface area contributed by atoms with Gasteiger partial charge in [-0.3, -0.25) is 7.91 Å². The summed E-state index contributed by atoms with van der Waals surface area (Å²) in [5, 5.41) is 9.77. The summed E-state index contributed by atoms with van der Waals surface area (Å²) in [5.74, 6) is 0.146. The van der Waals surface area contributed by atoms with E-state index in [0.29, 0.717) is 20.2 Å². The smallest absolute Gasteiger partial charge is 0.212 e. The zero-order valence-electron chi connectivity index (χ0n) is 10.8. The third-order valence-electron chi connectivity index (χ3n) is 3.20. The summed E-state index contributed by atoms with van der Waals surface area (Å²) in [6.07, 6.45) is 1.82. The van der Waals surface area contributed by atoms with Crippen LogP contribution in [0.4, 0.5) is 5.69 Å². The second kappa shape index (κ2) is 6.40. The molecule has 7 heteroatoms. The van der Waals surface area contributed by atoms with E-state index in [1.807, 2.05) is 27.4 Å². The van der Waals surface area contributed by atoms with Gasteiger partial charge in [-0.1, -0.05) is 0 Å². The summed E-state index contributed by atoms with van der Waals surface area (Å²) in [5.41, 5.74) is 3.03. The molecule has 0 amide bonds. The molecule has 0 radical (unpaired) electrons. The average Bonchev–Trinajstić information content (AvgIpc) is 2.69. The number of allylic oxidation sites excluding steroid dienone is 1. The van der Waals surface area contributed by atoms with Crippen LogP contribution in [0, 0.1) is 3.57 Å². The molecule has 112 valence electrons. The molecule has 0 aliphatic carbocycles. The molecule has 0 unspecified atom stereocenters. The minimum absolute atomic E-state index is 0.00300. The number of Topliss-reactive ketones (excluding diaryl/α,β-unsaturated/α-hetero) is 1. The average molecular weight is 647 g/mol. The van der Waals surface area contributed by atoms with E-state index in [2.05, 4.69) is 77.3 Å². The lowest BCUT2D eigenvalue weighted by Crippen LogP contribution is -2.06. The van der Waals surface area contributed by atoms with Gasteiger partial charge in [-0.15, -0.1) is 0 Å². The fourth-order valence-corrected chi connectivity index (χ4v) is 4.66. The molecule has 0 aromatic heterocycles. The minimum Gasteiger partial charge on any atom is -0.506 e. The number of anilines is 1. The van der Waals surface area contributed by atoms with E-state index in [-0.39, 0.29) is 11.5 Å². The van der Waals surface area contributed by atoms with Gasteiger partial charge in [0.15, 0.2) is 0 Å². The number of hydrogen-bond donors (Lipinski definition) is 1. The maximum Gasteiger partial charge on any atom is 0.212 e. The number of halogens is 4. The van der Waals surface area contributed by atoms with Crippen LogP contribution in [0.2, 0.25) is 0 Å². The van der Waals surface area contributed by atoms with Gasteiger partial charge in [0.05, 0.1) is 43.2 Å². The van der Waals surface area contributed by atoms with Crippen molar-refractivity contribution < 1.29 is 9.90 Å². The number of phenolic OH excluding ortho intramolecular Hbond substituents is 1. The quantitative estimate of drug-likeness (QED) is 0.238. The molecule has 1 aliphatic rings. The first-order chi connectivity index (χ1) is 10.4. The van der Waals surface area contributed by atoms with Crippen molar-refractivity contribution in [2.24, 2.45) is 0 Å². The van der Waals surface area contributed by atoms with E-state index >= 15 is 0 Å². The maximum atomic E-state index is 12.6. The summed E-state index contributed by atoms with van der Waals surface area (Å²) < 4.78 is 4.04. The van der Waals surface area contributed by atoms with Gasteiger partial charge in [-0.25, -0.2) is 0 Å². The number of carbonyl (C=O) groups excluding carboxylic acids is 1.